The van der Waals surface area contributed by atoms with Crippen LogP contribution in [0.25, 0.3) is 16.5 Å². The van der Waals surface area contributed by atoms with Gasteiger partial charge in [0.2, 0.25) is 0 Å². The second kappa shape index (κ2) is 10.1. The number of hydrogen-bond donors (Lipinski definition) is 2. The summed E-state index contributed by atoms with van der Waals surface area (Å²) >= 11 is 0. The summed E-state index contributed by atoms with van der Waals surface area (Å²) in [5.74, 6) is -0.757. The van der Waals surface area contributed by atoms with Crippen LogP contribution >= 0.6 is 0 Å². The molecule has 35 heavy (non-hydrogen) atoms. The van der Waals surface area contributed by atoms with Crippen molar-refractivity contribution in [1.82, 2.24) is 19.7 Å². The van der Waals surface area contributed by atoms with Crippen LogP contribution in [-0.2, 0) is 16.1 Å². The lowest BCUT2D eigenvalue weighted by atomic mass is 10.0. The van der Waals surface area contributed by atoms with Gasteiger partial charge in [0.1, 0.15) is 5.70 Å². The number of fused-ring (bicyclic) bond motifs is 1. The van der Waals surface area contributed by atoms with Crippen LogP contribution in [0.1, 0.15) is 24.8 Å². The Morgan fingerprint density at radius 3 is 2.40 bits per heavy atom. The van der Waals surface area contributed by atoms with E-state index >= 15 is 0 Å². The minimum absolute atomic E-state index is 0.299. The first-order valence-corrected chi connectivity index (χ1v) is 12.4. The molecule has 1 fully saturated rings. The van der Waals surface area contributed by atoms with Crippen LogP contribution in [0.4, 0.5) is 5.69 Å². The number of benzene rings is 2. The number of para-hydroxylation sites is 2. The maximum atomic E-state index is 12.9. The van der Waals surface area contributed by atoms with E-state index in [1.807, 2.05) is 54.7 Å². The summed E-state index contributed by atoms with van der Waals surface area (Å²) in [6, 6.07) is 18.3. The Morgan fingerprint density at radius 1 is 0.943 bits per heavy atom. The van der Waals surface area contributed by atoms with Crippen LogP contribution in [0.3, 0.4) is 0 Å². The van der Waals surface area contributed by atoms with Gasteiger partial charge >= 0.3 is 0 Å². The Hall–Kier alpha value is -3.42. The molecule has 5 rings (SSSR count). The van der Waals surface area contributed by atoms with Crippen LogP contribution in [0.2, 0.25) is 0 Å². The fourth-order valence-corrected chi connectivity index (χ4v) is 5.25. The van der Waals surface area contributed by atoms with E-state index in [2.05, 4.69) is 45.2 Å². The second-order valence-corrected chi connectivity index (χ2v) is 9.67. The van der Waals surface area contributed by atoms with E-state index < -0.39 is 5.91 Å². The maximum Gasteiger partial charge on any atom is 0.275 e. The van der Waals surface area contributed by atoms with Crippen LogP contribution in [-0.4, -0.2) is 66.0 Å². The number of nitrogens with zero attached hydrogens (tertiary/aromatic N) is 3. The molecular formula is C28H33N5O2. The highest BCUT2D eigenvalue weighted by atomic mass is 16.2. The van der Waals surface area contributed by atoms with Crippen molar-refractivity contribution in [2.24, 2.45) is 0 Å². The molecule has 2 amide bonds. The topological polar surface area (TPSA) is 69.6 Å². The average molecular weight is 472 g/mol. The first-order chi connectivity index (χ1) is 17.0. The van der Waals surface area contributed by atoms with E-state index in [-0.39, 0.29) is 5.91 Å². The molecule has 7 heteroatoms. The van der Waals surface area contributed by atoms with Gasteiger partial charge in [0.05, 0.1) is 5.57 Å². The molecule has 1 saturated heterocycles. The molecule has 2 aliphatic rings. The summed E-state index contributed by atoms with van der Waals surface area (Å²) in [7, 11) is 4.34. The van der Waals surface area contributed by atoms with E-state index in [1.165, 1.54) is 12.8 Å². The van der Waals surface area contributed by atoms with Gasteiger partial charge in [-0.1, -0.05) is 36.4 Å². The monoisotopic (exact) mass is 471 g/mol. The number of carbonyl (C=O) groups is 2. The minimum atomic E-state index is -0.396. The number of imide groups is 1. The van der Waals surface area contributed by atoms with Gasteiger partial charge in [-0.2, -0.15) is 0 Å². The zero-order valence-corrected chi connectivity index (χ0v) is 20.5. The molecule has 2 N–H and O–H groups in total. The van der Waals surface area contributed by atoms with Gasteiger partial charge in [-0.15, -0.1) is 0 Å². The smallest absolute Gasteiger partial charge is 0.275 e. The highest BCUT2D eigenvalue weighted by Gasteiger charge is 2.33. The third-order valence-electron chi connectivity index (χ3n) is 7.19. The molecule has 0 aliphatic carbocycles. The van der Waals surface area contributed by atoms with Gasteiger partial charge < -0.3 is 19.7 Å². The van der Waals surface area contributed by atoms with Crippen molar-refractivity contribution in [1.29, 1.82) is 0 Å². The fourth-order valence-electron chi connectivity index (χ4n) is 5.25. The highest BCUT2D eigenvalue weighted by molar-refractivity contribution is 6.38. The summed E-state index contributed by atoms with van der Waals surface area (Å²) in [5, 5.41) is 6.62. The Balaban J connectivity index is 1.38. The lowest BCUT2D eigenvalue weighted by Crippen LogP contribution is -2.42. The van der Waals surface area contributed by atoms with Gasteiger partial charge in [-0.25, -0.2) is 0 Å². The molecule has 0 saturated carbocycles. The van der Waals surface area contributed by atoms with Crippen molar-refractivity contribution < 1.29 is 9.59 Å². The molecule has 2 aromatic carbocycles. The highest BCUT2D eigenvalue weighted by Crippen LogP contribution is 2.32. The van der Waals surface area contributed by atoms with E-state index in [9.17, 15) is 9.59 Å². The maximum absolute atomic E-state index is 12.9. The molecule has 7 nitrogen and oxygen atoms in total. The number of piperidine rings is 1. The summed E-state index contributed by atoms with van der Waals surface area (Å²) < 4.78 is 2.22. The van der Waals surface area contributed by atoms with Crippen molar-refractivity contribution in [2.75, 3.05) is 39.0 Å². The Labute approximate surface area is 206 Å². The number of nitrogens with one attached hydrogen (secondary N) is 2. The average Bonchev–Trinajstić information content (AvgIpc) is 3.36. The summed E-state index contributed by atoms with van der Waals surface area (Å²) in [6.45, 7) is 4.21. The Kier molecular flexibility index (Phi) is 6.70. The molecule has 0 bridgehead atoms. The molecule has 2 aliphatic heterocycles. The number of amides is 2. The predicted molar refractivity (Wildman–Crippen MR) is 140 cm³/mol. The van der Waals surface area contributed by atoms with Gasteiger partial charge in [0.25, 0.3) is 11.8 Å². The largest absolute Gasteiger partial charge is 0.350 e. The molecule has 0 unspecified atom stereocenters. The number of carbonyl (C=O) groups excluding carboxylic acids is 2. The lowest BCUT2D eigenvalue weighted by molar-refractivity contribution is -0.123. The number of aromatic nitrogens is 1. The van der Waals surface area contributed by atoms with Crippen molar-refractivity contribution in [3.8, 4) is 0 Å². The molecule has 3 heterocycles. The van der Waals surface area contributed by atoms with E-state index in [1.54, 1.807) is 0 Å². The SMILES string of the molecule is CN(C)C1CCN(CCCn2cc(C3=C(Nc4ccccc4)C(=O)NC3=O)c3ccccc32)CC1. The molecule has 0 atom stereocenters. The minimum Gasteiger partial charge on any atom is -0.350 e. The number of aryl methyl sites for hydroxylation is 1. The number of likely N-dealkylation sites (tertiary alicyclic amines) is 1. The summed E-state index contributed by atoms with van der Waals surface area (Å²) in [4.78, 5) is 30.4. The summed E-state index contributed by atoms with van der Waals surface area (Å²) in [6.07, 6.45) is 5.50. The zero-order chi connectivity index (χ0) is 24.4. The number of anilines is 1. The Morgan fingerprint density at radius 2 is 1.66 bits per heavy atom. The number of rotatable bonds is 8. The third-order valence-corrected chi connectivity index (χ3v) is 7.19. The molecule has 1 aromatic heterocycles. The van der Waals surface area contributed by atoms with Gasteiger partial charge in [0, 0.05) is 40.9 Å². The van der Waals surface area contributed by atoms with E-state index in [0.29, 0.717) is 17.3 Å². The predicted octanol–water partition coefficient (Wildman–Crippen LogP) is 3.54. The van der Waals surface area contributed by atoms with Crippen LogP contribution in [0, 0.1) is 0 Å². The van der Waals surface area contributed by atoms with Crippen LogP contribution in [0.5, 0.6) is 0 Å². The molecule has 3 aromatic rings. The van der Waals surface area contributed by atoms with Crippen LogP contribution < -0.4 is 10.6 Å². The normalized spacial score (nSPS) is 17.6. The van der Waals surface area contributed by atoms with Gasteiger partial charge in [0.15, 0.2) is 0 Å². The van der Waals surface area contributed by atoms with Crippen LogP contribution in [0.15, 0.2) is 66.5 Å². The van der Waals surface area contributed by atoms with Crippen molar-refractivity contribution in [2.45, 2.75) is 31.8 Å². The van der Waals surface area contributed by atoms with Crippen molar-refractivity contribution in [3.63, 3.8) is 0 Å². The van der Waals surface area contributed by atoms with Gasteiger partial charge in [-0.3, -0.25) is 14.9 Å². The third kappa shape index (κ3) is 4.88. The van der Waals surface area contributed by atoms with Gasteiger partial charge in [-0.05, 0) is 71.2 Å². The standard InChI is InChI=1S/C28H33N5O2/c1-31(2)21-13-17-32(18-14-21)15-8-16-33-19-23(22-11-6-7-12-24(22)33)25-26(28(35)30-27(25)34)29-20-9-4-3-5-10-20/h3-7,9-12,19,21H,8,13-18H2,1-2H3,(H2,29,30,34,35). The Bertz CT molecular complexity index is 1250. The zero-order valence-electron chi connectivity index (χ0n) is 20.5. The van der Waals surface area contributed by atoms with Crippen molar-refractivity contribution in [3.05, 3.63) is 72.1 Å². The van der Waals surface area contributed by atoms with Crippen molar-refractivity contribution >= 4 is 34.0 Å². The lowest BCUT2D eigenvalue weighted by Gasteiger charge is -2.35. The first-order valence-electron chi connectivity index (χ1n) is 12.4. The molecule has 0 spiro atoms. The first kappa shape index (κ1) is 23.3. The fraction of sp³-hybridized carbons (Fsp3) is 0.357. The van der Waals surface area contributed by atoms with E-state index in [0.717, 1.165) is 54.8 Å². The second-order valence-electron chi connectivity index (χ2n) is 9.67. The number of hydrogen-bond acceptors (Lipinski definition) is 5. The molecule has 182 valence electrons. The quantitative estimate of drug-likeness (QED) is 0.492. The molecule has 0 radical (unpaired) electrons. The van der Waals surface area contributed by atoms with E-state index in [4.69, 9.17) is 0 Å². The summed E-state index contributed by atoms with van der Waals surface area (Å²) in [5.41, 5.74) is 3.33. The molecular weight excluding hydrogens is 438 g/mol.